The minimum atomic E-state index is 0.630. The van der Waals surface area contributed by atoms with Crippen LogP contribution in [0.5, 0.6) is 0 Å². The molecule has 1 aromatic rings. The number of nitrogens with zero attached hydrogens (tertiary/aromatic N) is 2. The molecule has 1 rings (SSSR count). The van der Waals surface area contributed by atoms with Gasteiger partial charge in [-0.15, -0.1) is 0 Å². The summed E-state index contributed by atoms with van der Waals surface area (Å²) in [4.78, 5) is 0. The summed E-state index contributed by atoms with van der Waals surface area (Å²) in [6.07, 6.45) is 3.18. The van der Waals surface area contributed by atoms with Crippen LogP contribution in [0.3, 0.4) is 0 Å². The van der Waals surface area contributed by atoms with Crippen LogP contribution in [0, 0.1) is 3.57 Å². The fraction of sp³-hybridized carbons (Fsp3) is 0.667. The molecule has 13 heavy (non-hydrogen) atoms. The van der Waals surface area contributed by atoms with Gasteiger partial charge in [-0.05, 0) is 35.9 Å². The van der Waals surface area contributed by atoms with E-state index in [0.29, 0.717) is 6.61 Å². The van der Waals surface area contributed by atoms with E-state index in [0.717, 1.165) is 25.3 Å². The lowest BCUT2D eigenvalue weighted by Gasteiger charge is -1.97. The SMILES string of the molecule is CCCn1cc(I)c(COCC)n1. The highest BCUT2D eigenvalue weighted by molar-refractivity contribution is 14.1. The van der Waals surface area contributed by atoms with Crippen molar-refractivity contribution in [1.29, 1.82) is 0 Å². The molecule has 74 valence electrons. The number of aromatic nitrogens is 2. The lowest BCUT2D eigenvalue weighted by molar-refractivity contribution is 0.130. The minimum absolute atomic E-state index is 0.630. The fourth-order valence-corrected chi connectivity index (χ4v) is 1.66. The number of hydrogen-bond donors (Lipinski definition) is 0. The molecule has 0 spiro atoms. The van der Waals surface area contributed by atoms with E-state index in [1.165, 1.54) is 3.57 Å². The second-order valence-corrected chi connectivity index (χ2v) is 3.99. The van der Waals surface area contributed by atoms with Gasteiger partial charge < -0.3 is 4.74 Å². The summed E-state index contributed by atoms with van der Waals surface area (Å²) in [5, 5.41) is 4.42. The van der Waals surface area contributed by atoms with Crippen molar-refractivity contribution in [2.24, 2.45) is 0 Å². The van der Waals surface area contributed by atoms with Gasteiger partial charge in [0.05, 0.1) is 10.2 Å². The van der Waals surface area contributed by atoms with Crippen molar-refractivity contribution in [2.75, 3.05) is 6.61 Å². The number of aryl methyl sites for hydroxylation is 1. The summed E-state index contributed by atoms with van der Waals surface area (Å²) in [5.41, 5.74) is 1.05. The molecule has 3 nitrogen and oxygen atoms in total. The Hall–Kier alpha value is -0.100. The Morgan fingerprint density at radius 1 is 1.54 bits per heavy atom. The summed E-state index contributed by atoms with van der Waals surface area (Å²) in [7, 11) is 0. The molecule has 0 saturated carbocycles. The smallest absolute Gasteiger partial charge is 0.101 e. The van der Waals surface area contributed by atoms with Gasteiger partial charge in [0.2, 0.25) is 0 Å². The maximum absolute atomic E-state index is 5.31. The first-order valence-corrected chi connectivity index (χ1v) is 5.65. The van der Waals surface area contributed by atoms with Crippen LogP contribution in [0.4, 0.5) is 0 Å². The zero-order valence-electron chi connectivity index (χ0n) is 8.09. The lowest BCUT2D eigenvalue weighted by Crippen LogP contribution is -1.99. The van der Waals surface area contributed by atoms with E-state index in [1.807, 2.05) is 11.6 Å². The van der Waals surface area contributed by atoms with Gasteiger partial charge in [-0.3, -0.25) is 4.68 Å². The van der Waals surface area contributed by atoms with Crippen molar-refractivity contribution in [3.8, 4) is 0 Å². The van der Waals surface area contributed by atoms with Gasteiger partial charge in [0.15, 0.2) is 0 Å². The predicted octanol–water partition coefficient (Wildman–Crippen LogP) is 2.43. The van der Waals surface area contributed by atoms with E-state index < -0.39 is 0 Å². The zero-order valence-corrected chi connectivity index (χ0v) is 10.2. The molecular weight excluding hydrogens is 279 g/mol. The Morgan fingerprint density at radius 3 is 2.92 bits per heavy atom. The van der Waals surface area contributed by atoms with E-state index in [4.69, 9.17) is 4.74 Å². The van der Waals surface area contributed by atoms with Crippen LogP contribution in [0.25, 0.3) is 0 Å². The predicted molar refractivity (Wildman–Crippen MR) is 60.6 cm³/mol. The van der Waals surface area contributed by atoms with E-state index >= 15 is 0 Å². The van der Waals surface area contributed by atoms with Crippen molar-refractivity contribution in [2.45, 2.75) is 33.4 Å². The molecule has 0 bridgehead atoms. The largest absolute Gasteiger partial charge is 0.375 e. The number of hydrogen-bond acceptors (Lipinski definition) is 2. The quantitative estimate of drug-likeness (QED) is 0.780. The number of halogens is 1. The zero-order chi connectivity index (χ0) is 9.68. The van der Waals surface area contributed by atoms with Gasteiger partial charge in [-0.2, -0.15) is 5.10 Å². The van der Waals surface area contributed by atoms with Crippen molar-refractivity contribution in [3.05, 3.63) is 15.5 Å². The van der Waals surface area contributed by atoms with Crippen LogP contribution in [-0.2, 0) is 17.9 Å². The maximum Gasteiger partial charge on any atom is 0.101 e. The first-order chi connectivity index (χ1) is 6.27. The molecule has 1 aromatic heterocycles. The molecule has 0 fully saturated rings. The number of ether oxygens (including phenoxy) is 1. The van der Waals surface area contributed by atoms with Gasteiger partial charge in [-0.25, -0.2) is 0 Å². The molecule has 0 amide bonds. The third-order valence-corrected chi connectivity index (χ3v) is 2.58. The van der Waals surface area contributed by atoms with Crippen LogP contribution < -0.4 is 0 Å². The third kappa shape index (κ3) is 3.27. The molecule has 0 N–H and O–H groups in total. The van der Waals surface area contributed by atoms with Gasteiger partial charge >= 0.3 is 0 Å². The van der Waals surface area contributed by atoms with Gasteiger partial charge in [0.1, 0.15) is 5.69 Å². The van der Waals surface area contributed by atoms with E-state index in [9.17, 15) is 0 Å². The highest BCUT2D eigenvalue weighted by Crippen LogP contribution is 2.11. The third-order valence-electron chi connectivity index (χ3n) is 1.68. The molecule has 4 heteroatoms. The normalized spacial score (nSPS) is 10.7. The Balaban J connectivity index is 2.60. The fourth-order valence-electron chi connectivity index (χ4n) is 1.08. The molecule has 0 radical (unpaired) electrons. The summed E-state index contributed by atoms with van der Waals surface area (Å²) >= 11 is 2.30. The van der Waals surface area contributed by atoms with Crippen LogP contribution in [-0.4, -0.2) is 16.4 Å². The molecule has 0 saturated heterocycles. The molecule has 0 atom stereocenters. The number of rotatable bonds is 5. The second kappa shape index (κ2) is 5.59. The molecule has 0 aliphatic carbocycles. The minimum Gasteiger partial charge on any atom is -0.375 e. The van der Waals surface area contributed by atoms with Gasteiger partial charge in [-0.1, -0.05) is 6.92 Å². The first-order valence-electron chi connectivity index (χ1n) is 4.57. The highest BCUT2D eigenvalue weighted by Gasteiger charge is 2.04. The Kier molecular flexibility index (Phi) is 4.72. The van der Waals surface area contributed by atoms with E-state index in [-0.39, 0.29) is 0 Å². The summed E-state index contributed by atoms with van der Waals surface area (Å²) < 4.78 is 8.49. The molecule has 0 aromatic carbocycles. The second-order valence-electron chi connectivity index (χ2n) is 2.82. The Bertz CT molecular complexity index is 260. The maximum atomic E-state index is 5.31. The monoisotopic (exact) mass is 294 g/mol. The van der Waals surface area contributed by atoms with E-state index in [2.05, 4.69) is 40.8 Å². The first kappa shape index (κ1) is 11.0. The average molecular weight is 294 g/mol. The average Bonchev–Trinajstić information content (AvgIpc) is 2.44. The van der Waals surface area contributed by atoms with E-state index in [1.54, 1.807) is 0 Å². The standard InChI is InChI=1S/C9H15IN2O/c1-3-5-12-6-8(10)9(11-12)7-13-4-2/h6H,3-5,7H2,1-2H3. The molecule has 0 aliphatic rings. The molecule has 0 unspecified atom stereocenters. The van der Waals surface area contributed by atoms with Gasteiger partial charge in [0.25, 0.3) is 0 Å². The van der Waals surface area contributed by atoms with Gasteiger partial charge in [0, 0.05) is 19.3 Å². The molecule has 0 aliphatic heterocycles. The summed E-state index contributed by atoms with van der Waals surface area (Å²) in [6, 6.07) is 0. The van der Waals surface area contributed by atoms with Crippen molar-refractivity contribution in [3.63, 3.8) is 0 Å². The molecule has 1 heterocycles. The summed E-state index contributed by atoms with van der Waals surface area (Å²) in [5.74, 6) is 0. The lowest BCUT2D eigenvalue weighted by atomic mass is 10.5. The van der Waals surface area contributed by atoms with Crippen LogP contribution >= 0.6 is 22.6 Å². The van der Waals surface area contributed by atoms with Crippen LogP contribution in [0.2, 0.25) is 0 Å². The van der Waals surface area contributed by atoms with Crippen molar-refractivity contribution >= 4 is 22.6 Å². The van der Waals surface area contributed by atoms with Crippen LogP contribution in [0.15, 0.2) is 6.20 Å². The van der Waals surface area contributed by atoms with Crippen molar-refractivity contribution in [1.82, 2.24) is 9.78 Å². The topological polar surface area (TPSA) is 27.1 Å². The highest BCUT2D eigenvalue weighted by atomic mass is 127. The van der Waals surface area contributed by atoms with Crippen molar-refractivity contribution < 1.29 is 4.74 Å². The molecular formula is C9H15IN2O. The summed E-state index contributed by atoms with van der Waals surface area (Å²) in [6.45, 7) is 6.51. The van der Waals surface area contributed by atoms with Crippen LogP contribution in [0.1, 0.15) is 26.0 Å². The Labute approximate surface area is 92.6 Å². The Morgan fingerprint density at radius 2 is 2.31 bits per heavy atom.